The quantitative estimate of drug-likeness (QED) is 0.276. The number of aryl methyl sites for hydroxylation is 3. The summed E-state index contributed by atoms with van der Waals surface area (Å²) >= 11 is 0. The van der Waals surface area contributed by atoms with Crippen molar-refractivity contribution in [2.24, 2.45) is 0 Å². The van der Waals surface area contributed by atoms with Gasteiger partial charge in [0.2, 0.25) is 5.95 Å². The van der Waals surface area contributed by atoms with Gasteiger partial charge < -0.3 is 25.4 Å². The molecule has 1 aliphatic heterocycles. The minimum Gasteiger partial charge on any atom is -0.493 e. The number of hydrogen-bond donors (Lipinski definition) is 3. The number of anilines is 3. The number of ether oxygens (including phenoxy) is 2. The lowest BCUT2D eigenvalue weighted by Gasteiger charge is -2.29. The summed E-state index contributed by atoms with van der Waals surface area (Å²) < 4.78 is 13.1. The van der Waals surface area contributed by atoms with Crippen LogP contribution in [0, 0.1) is 20.8 Å². The highest BCUT2D eigenvalue weighted by Gasteiger charge is 2.34. The molecule has 0 fully saturated rings. The van der Waals surface area contributed by atoms with E-state index >= 15 is 0 Å². The van der Waals surface area contributed by atoms with Crippen LogP contribution in [0.2, 0.25) is 0 Å². The molecule has 4 aromatic rings. The van der Waals surface area contributed by atoms with Gasteiger partial charge in [0.15, 0.2) is 18.1 Å². The van der Waals surface area contributed by atoms with E-state index in [1.54, 1.807) is 16.8 Å². The number of carbonyl (C=O) groups is 2. The van der Waals surface area contributed by atoms with E-state index in [4.69, 9.17) is 9.47 Å². The van der Waals surface area contributed by atoms with Crippen LogP contribution >= 0.6 is 0 Å². The van der Waals surface area contributed by atoms with Crippen LogP contribution in [0.4, 0.5) is 17.3 Å². The Hall–Kier alpha value is -5.12. The number of fused-ring (bicyclic) bond motifs is 1. The van der Waals surface area contributed by atoms with E-state index in [0.717, 1.165) is 27.9 Å². The largest absolute Gasteiger partial charge is 0.493 e. The molecule has 0 unspecified atom stereocenters. The lowest BCUT2D eigenvalue weighted by atomic mass is 9.94. The Morgan fingerprint density at radius 2 is 1.68 bits per heavy atom. The molecule has 41 heavy (non-hydrogen) atoms. The fourth-order valence-electron chi connectivity index (χ4n) is 5.08. The highest BCUT2D eigenvalue weighted by atomic mass is 16.5. The SMILES string of the molecule is COc1cc([C@@H]2C(C(=O)Nc3ccccc3)=C(C)Nc3ncnn32)ccc1OCC(=O)Nc1c(C)cc(C)cc1C. The number of rotatable bonds is 8. The molecule has 3 aromatic carbocycles. The minimum atomic E-state index is -0.587. The second kappa shape index (κ2) is 11.5. The summed E-state index contributed by atoms with van der Waals surface area (Å²) in [7, 11) is 1.53. The number of carbonyl (C=O) groups excluding carboxylic acids is 2. The first-order chi connectivity index (χ1) is 19.7. The molecule has 0 saturated heterocycles. The first kappa shape index (κ1) is 27.4. The predicted octanol–water partition coefficient (Wildman–Crippen LogP) is 5.16. The Bertz CT molecular complexity index is 1620. The number of hydrogen-bond acceptors (Lipinski definition) is 7. The van der Waals surface area contributed by atoms with Crippen molar-refractivity contribution in [3.63, 3.8) is 0 Å². The van der Waals surface area contributed by atoms with Gasteiger partial charge in [0, 0.05) is 17.1 Å². The maximum atomic E-state index is 13.5. The fourth-order valence-corrected chi connectivity index (χ4v) is 5.08. The molecular weight excluding hydrogens is 520 g/mol. The van der Waals surface area contributed by atoms with E-state index in [9.17, 15) is 9.59 Å². The van der Waals surface area contributed by atoms with Crippen molar-refractivity contribution in [3.8, 4) is 11.5 Å². The zero-order valence-corrected chi connectivity index (χ0v) is 23.6. The molecule has 0 saturated carbocycles. The summed E-state index contributed by atoms with van der Waals surface area (Å²) in [5.41, 5.74) is 6.44. The lowest BCUT2D eigenvalue weighted by Crippen LogP contribution is -2.31. The number of para-hydroxylation sites is 1. The highest BCUT2D eigenvalue weighted by molar-refractivity contribution is 6.06. The van der Waals surface area contributed by atoms with Crippen molar-refractivity contribution in [1.82, 2.24) is 14.8 Å². The predicted molar refractivity (Wildman–Crippen MR) is 157 cm³/mol. The number of aromatic nitrogens is 3. The molecule has 1 aromatic heterocycles. The normalized spacial score (nSPS) is 14.1. The van der Waals surface area contributed by atoms with Gasteiger partial charge >= 0.3 is 0 Å². The fraction of sp³-hybridized carbons (Fsp3) is 0.226. The number of amides is 2. The molecule has 2 heterocycles. The Morgan fingerprint density at radius 3 is 2.39 bits per heavy atom. The summed E-state index contributed by atoms with van der Waals surface area (Å²) in [4.78, 5) is 30.6. The molecular formula is C31H32N6O4. The van der Waals surface area contributed by atoms with Crippen molar-refractivity contribution in [2.45, 2.75) is 33.7 Å². The first-order valence-corrected chi connectivity index (χ1v) is 13.2. The summed E-state index contributed by atoms with van der Waals surface area (Å²) in [6.45, 7) is 7.57. The molecule has 2 amide bonds. The topological polar surface area (TPSA) is 119 Å². The van der Waals surface area contributed by atoms with Crippen LogP contribution in [-0.4, -0.2) is 40.3 Å². The van der Waals surface area contributed by atoms with Crippen LogP contribution in [0.25, 0.3) is 0 Å². The third-order valence-corrected chi connectivity index (χ3v) is 6.87. The second-order valence-corrected chi connectivity index (χ2v) is 9.94. The van der Waals surface area contributed by atoms with Crippen LogP contribution in [0.1, 0.15) is 35.2 Å². The van der Waals surface area contributed by atoms with Crippen molar-refractivity contribution in [2.75, 3.05) is 29.7 Å². The lowest BCUT2D eigenvalue weighted by molar-refractivity contribution is -0.118. The van der Waals surface area contributed by atoms with Crippen molar-refractivity contribution >= 4 is 29.1 Å². The summed E-state index contributed by atoms with van der Waals surface area (Å²) in [6, 6.07) is 18.1. The summed E-state index contributed by atoms with van der Waals surface area (Å²) in [5, 5.41) is 13.5. The standard InChI is InChI=1S/C31H32N6O4/c1-18-13-19(2)28(20(3)14-18)36-26(38)16-41-24-12-11-22(15-25(24)40-5)29-27(21(4)34-31-32-17-33-37(29)31)30(39)35-23-9-7-6-8-10-23/h6-15,17,29H,16H2,1-5H3,(H,35,39)(H,36,38)(H,32,33,34)/t29-/m1/s1. The van der Waals surface area contributed by atoms with Crippen LogP contribution in [0.15, 0.2) is 78.3 Å². The molecule has 5 rings (SSSR count). The number of nitrogens with zero attached hydrogens (tertiary/aromatic N) is 3. The molecule has 210 valence electrons. The number of allylic oxidation sites excluding steroid dienone is 1. The molecule has 1 atom stereocenters. The minimum absolute atomic E-state index is 0.202. The third-order valence-electron chi connectivity index (χ3n) is 6.87. The van der Waals surface area contributed by atoms with Gasteiger partial charge in [0.1, 0.15) is 12.4 Å². The second-order valence-electron chi connectivity index (χ2n) is 9.94. The average Bonchev–Trinajstić information content (AvgIpc) is 3.41. The third kappa shape index (κ3) is 5.76. The van der Waals surface area contributed by atoms with Gasteiger partial charge in [-0.25, -0.2) is 4.68 Å². The summed E-state index contributed by atoms with van der Waals surface area (Å²) in [6.07, 6.45) is 1.44. The van der Waals surface area contributed by atoms with Crippen LogP contribution in [0.3, 0.4) is 0 Å². The zero-order valence-electron chi connectivity index (χ0n) is 23.6. The van der Waals surface area contributed by atoms with Gasteiger partial charge in [0.05, 0.1) is 12.7 Å². The molecule has 1 aliphatic rings. The smallest absolute Gasteiger partial charge is 0.262 e. The Kier molecular flexibility index (Phi) is 7.73. The molecule has 0 aliphatic carbocycles. The molecule has 0 radical (unpaired) electrons. The maximum absolute atomic E-state index is 13.5. The van der Waals surface area contributed by atoms with Gasteiger partial charge in [-0.2, -0.15) is 10.1 Å². The number of nitrogens with one attached hydrogen (secondary N) is 3. The van der Waals surface area contributed by atoms with Crippen molar-refractivity contribution in [1.29, 1.82) is 0 Å². The molecule has 3 N–H and O–H groups in total. The Morgan fingerprint density at radius 1 is 0.951 bits per heavy atom. The molecule has 10 nitrogen and oxygen atoms in total. The number of methoxy groups -OCH3 is 1. The van der Waals surface area contributed by atoms with Crippen LogP contribution < -0.4 is 25.4 Å². The average molecular weight is 553 g/mol. The summed E-state index contributed by atoms with van der Waals surface area (Å²) in [5.74, 6) is 0.771. The molecule has 0 bridgehead atoms. The van der Waals surface area contributed by atoms with Gasteiger partial charge in [-0.05, 0) is 68.7 Å². The molecule has 10 heteroatoms. The van der Waals surface area contributed by atoms with E-state index in [1.165, 1.54) is 13.4 Å². The maximum Gasteiger partial charge on any atom is 0.262 e. The molecule has 0 spiro atoms. The van der Waals surface area contributed by atoms with Crippen molar-refractivity contribution < 1.29 is 19.1 Å². The van der Waals surface area contributed by atoms with Crippen LogP contribution in [-0.2, 0) is 9.59 Å². The van der Waals surface area contributed by atoms with Crippen LogP contribution in [0.5, 0.6) is 11.5 Å². The first-order valence-electron chi connectivity index (χ1n) is 13.2. The zero-order chi connectivity index (χ0) is 29.1. The Labute approximate surface area is 238 Å². The van der Waals surface area contributed by atoms with Gasteiger partial charge in [-0.1, -0.05) is 42.0 Å². The monoisotopic (exact) mass is 552 g/mol. The highest BCUT2D eigenvalue weighted by Crippen LogP contribution is 2.39. The Balaban J connectivity index is 1.39. The van der Waals surface area contributed by atoms with E-state index in [1.807, 2.05) is 76.2 Å². The van der Waals surface area contributed by atoms with E-state index in [0.29, 0.717) is 34.4 Å². The van der Waals surface area contributed by atoms with E-state index in [2.05, 4.69) is 26.0 Å². The van der Waals surface area contributed by atoms with Gasteiger partial charge in [-0.3, -0.25) is 9.59 Å². The van der Waals surface area contributed by atoms with E-state index < -0.39 is 6.04 Å². The van der Waals surface area contributed by atoms with Gasteiger partial charge in [-0.15, -0.1) is 0 Å². The van der Waals surface area contributed by atoms with Gasteiger partial charge in [0.25, 0.3) is 11.8 Å². The number of benzene rings is 3. The van der Waals surface area contributed by atoms with Crippen molar-refractivity contribution in [3.05, 3.63) is 101 Å². The van der Waals surface area contributed by atoms with E-state index in [-0.39, 0.29) is 18.4 Å².